The van der Waals surface area contributed by atoms with Crippen LogP contribution in [0.15, 0.2) is 53.7 Å². The van der Waals surface area contributed by atoms with E-state index < -0.39 is 54.1 Å². The molecule has 0 radical (unpaired) electrons. The summed E-state index contributed by atoms with van der Waals surface area (Å²) in [7, 11) is 0. The highest BCUT2D eigenvalue weighted by Gasteiger charge is 2.57. The number of nitrogens with zero attached hydrogens (tertiary/aromatic N) is 2. The second-order valence-electron chi connectivity index (χ2n) is 8.57. The summed E-state index contributed by atoms with van der Waals surface area (Å²) in [6.45, 7) is 5.01. The van der Waals surface area contributed by atoms with Crippen molar-refractivity contribution in [1.82, 2.24) is 10.3 Å². The summed E-state index contributed by atoms with van der Waals surface area (Å²) in [4.78, 5) is 16.8. The zero-order valence-electron chi connectivity index (χ0n) is 19.0. The molecule has 188 valence electrons. The van der Waals surface area contributed by atoms with Crippen LogP contribution >= 0.6 is 0 Å². The van der Waals surface area contributed by atoms with Gasteiger partial charge in [-0.1, -0.05) is 41.6 Å². The van der Waals surface area contributed by atoms with E-state index in [2.05, 4.69) is 15.5 Å². The van der Waals surface area contributed by atoms with Gasteiger partial charge in [-0.3, -0.25) is 4.79 Å². The molecular weight excluding hydrogens is 471 g/mol. The minimum Gasteiger partial charge on any atom is -0.468 e. The molecule has 3 heterocycles. The maximum atomic E-state index is 13.3. The number of halogens is 3. The van der Waals surface area contributed by atoms with Gasteiger partial charge in [0.1, 0.15) is 17.9 Å². The fourth-order valence-electron chi connectivity index (χ4n) is 4.05. The monoisotopic (exact) mass is 495 g/mol. The van der Waals surface area contributed by atoms with Crippen molar-refractivity contribution in [3.63, 3.8) is 0 Å². The van der Waals surface area contributed by atoms with Crippen LogP contribution in [0.4, 0.5) is 13.2 Å². The summed E-state index contributed by atoms with van der Waals surface area (Å²) in [5.74, 6) is -2.32. The van der Waals surface area contributed by atoms with E-state index in [-0.39, 0.29) is 11.7 Å². The van der Waals surface area contributed by atoms with Crippen molar-refractivity contribution in [3.05, 3.63) is 59.8 Å². The standard InChI is InChI=1S/C23H24F3N3O6/c1-12-16-18(35-22(2,3)34-16)17(33-15-11-7-10-14(27-15)23(24,25)26)19(32-12)21(30)28-20(29-31)13-8-5-4-6-9-13/h4-12,16-19,31H,1-3H3,(H,28,29,30)/t12-,16+,17-,18+,19+/m1/s1. The van der Waals surface area contributed by atoms with Gasteiger partial charge < -0.3 is 29.5 Å². The third-order valence-electron chi connectivity index (χ3n) is 5.53. The molecule has 35 heavy (non-hydrogen) atoms. The van der Waals surface area contributed by atoms with Crippen molar-refractivity contribution >= 4 is 11.7 Å². The second kappa shape index (κ2) is 9.44. The molecule has 5 atom stereocenters. The third kappa shape index (κ3) is 5.39. The van der Waals surface area contributed by atoms with Crippen LogP contribution in [0.1, 0.15) is 32.0 Å². The molecule has 1 aromatic carbocycles. The van der Waals surface area contributed by atoms with Crippen LogP contribution in [0, 0.1) is 0 Å². The smallest absolute Gasteiger partial charge is 0.433 e. The average Bonchev–Trinajstić information content (AvgIpc) is 3.15. The molecule has 2 fully saturated rings. The molecule has 0 aliphatic carbocycles. The summed E-state index contributed by atoms with van der Waals surface area (Å²) in [6, 6.07) is 11.5. The van der Waals surface area contributed by atoms with E-state index in [9.17, 15) is 23.2 Å². The highest BCUT2D eigenvalue weighted by molar-refractivity contribution is 6.08. The number of carbonyl (C=O) groups is 1. The van der Waals surface area contributed by atoms with E-state index in [1.54, 1.807) is 51.1 Å². The van der Waals surface area contributed by atoms with Gasteiger partial charge in [0.15, 0.2) is 23.8 Å². The van der Waals surface area contributed by atoms with Crippen LogP contribution in [0.3, 0.4) is 0 Å². The van der Waals surface area contributed by atoms with Crippen LogP contribution in [0.2, 0.25) is 0 Å². The average molecular weight is 495 g/mol. The molecule has 2 aromatic rings. The summed E-state index contributed by atoms with van der Waals surface area (Å²) in [5.41, 5.74) is -0.732. The Kier molecular flexibility index (Phi) is 6.71. The van der Waals surface area contributed by atoms with E-state index in [1.807, 2.05) is 0 Å². The fourth-order valence-corrected chi connectivity index (χ4v) is 4.05. The molecule has 4 rings (SSSR count). The SMILES string of the molecule is C[C@H]1O[C@H](C(=O)N/C(=N\O)c2ccccc2)[C@H](Oc2cccc(C(F)(F)F)n2)[C@H]2OC(C)(C)O[C@H]21. The van der Waals surface area contributed by atoms with Gasteiger partial charge in [-0.2, -0.15) is 13.2 Å². The molecule has 0 unspecified atom stereocenters. The molecule has 2 aliphatic heterocycles. The molecular formula is C23H24F3N3O6. The van der Waals surface area contributed by atoms with Crippen molar-refractivity contribution in [3.8, 4) is 5.88 Å². The van der Waals surface area contributed by atoms with E-state index in [0.717, 1.165) is 12.1 Å². The number of oxime groups is 1. The number of aromatic nitrogens is 1. The maximum absolute atomic E-state index is 13.3. The molecule has 12 heteroatoms. The summed E-state index contributed by atoms with van der Waals surface area (Å²) in [6.07, 6.45) is -9.44. The van der Waals surface area contributed by atoms with E-state index >= 15 is 0 Å². The Morgan fingerprint density at radius 3 is 2.46 bits per heavy atom. The predicted octanol–water partition coefficient (Wildman–Crippen LogP) is 3.11. The number of fused-ring (bicyclic) bond motifs is 1. The Bertz CT molecular complexity index is 1100. The minimum atomic E-state index is -4.69. The van der Waals surface area contributed by atoms with Crippen LogP contribution in [-0.2, 0) is 25.2 Å². The quantitative estimate of drug-likeness (QED) is 0.290. The number of alkyl halides is 3. The van der Waals surface area contributed by atoms with Gasteiger partial charge in [-0.05, 0) is 26.8 Å². The number of hydrogen-bond donors (Lipinski definition) is 2. The summed E-state index contributed by atoms with van der Waals surface area (Å²) >= 11 is 0. The highest BCUT2D eigenvalue weighted by atomic mass is 19.4. The number of pyridine rings is 1. The lowest BCUT2D eigenvalue weighted by Gasteiger charge is -2.40. The summed E-state index contributed by atoms with van der Waals surface area (Å²) < 4.78 is 63.1. The van der Waals surface area contributed by atoms with E-state index in [1.165, 1.54) is 6.07 Å². The first-order valence-electron chi connectivity index (χ1n) is 10.8. The van der Waals surface area contributed by atoms with Crippen LogP contribution < -0.4 is 10.1 Å². The lowest BCUT2D eigenvalue weighted by Crippen LogP contribution is -2.62. The lowest BCUT2D eigenvalue weighted by molar-refractivity contribution is -0.183. The van der Waals surface area contributed by atoms with Gasteiger partial charge >= 0.3 is 6.18 Å². The first-order valence-corrected chi connectivity index (χ1v) is 10.8. The number of rotatable bonds is 4. The van der Waals surface area contributed by atoms with Crippen molar-refractivity contribution in [2.45, 2.75) is 63.3 Å². The van der Waals surface area contributed by atoms with Gasteiger partial charge in [-0.25, -0.2) is 4.98 Å². The fraction of sp³-hybridized carbons (Fsp3) is 0.435. The first-order chi connectivity index (χ1) is 16.5. The number of amides is 1. The Hall–Kier alpha value is -3.22. The van der Waals surface area contributed by atoms with Crippen LogP contribution in [0.5, 0.6) is 5.88 Å². The Morgan fingerprint density at radius 2 is 1.80 bits per heavy atom. The van der Waals surface area contributed by atoms with Crippen molar-refractivity contribution < 1.29 is 42.1 Å². The van der Waals surface area contributed by atoms with Crippen molar-refractivity contribution in [2.24, 2.45) is 5.16 Å². The zero-order chi connectivity index (χ0) is 25.4. The third-order valence-corrected chi connectivity index (χ3v) is 5.53. The Morgan fingerprint density at radius 1 is 1.11 bits per heavy atom. The van der Waals surface area contributed by atoms with E-state index in [0.29, 0.717) is 5.56 Å². The van der Waals surface area contributed by atoms with Crippen LogP contribution in [0.25, 0.3) is 0 Å². The number of ether oxygens (including phenoxy) is 4. The number of nitrogens with one attached hydrogen (secondary N) is 1. The van der Waals surface area contributed by atoms with Gasteiger partial charge in [-0.15, -0.1) is 0 Å². The van der Waals surface area contributed by atoms with Gasteiger partial charge in [0.25, 0.3) is 5.91 Å². The number of hydrogen-bond acceptors (Lipinski definition) is 8. The van der Waals surface area contributed by atoms with Crippen molar-refractivity contribution in [2.75, 3.05) is 0 Å². The molecule has 1 aromatic heterocycles. The maximum Gasteiger partial charge on any atom is 0.433 e. The molecule has 2 N–H and O–H groups in total. The van der Waals surface area contributed by atoms with E-state index in [4.69, 9.17) is 18.9 Å². The molecule has 0 saturated carbocycles. The number of benzene rings is 1. The van der Waals surface area contributed by atoms with Gasteiger partial charge in [0, 0.05) is 11.6 Å². The Balaban J connectivity index is 1.64. The Labute approximate surface area is 198 Å². The highest BCUT2D eigenvalue weighted by Crippen LogP contribution is 2.39. The number of amidine groups is 1. The molecule has 9 nitrogen and oxygen atoms in total. The molecule has 1 amide bonds. The van der Waals surface area contributed by atoms with Gasteiger partial charge in [0.2, 0.25) is 5.88 Å². The predicted molar refractivity (Wildman–Crippen MR) is 115 cm³/mol. The second-order valence-corrected chi connectivity index (χ2v) is 8.57. The van der Waals surface area contributed by atoms with Gasteiger partial charge in [0.05, 0.1) is 6.10 Å². The lowest BCUT2D eigenvalue weighted by atomic mass is 9.95. The molecule has 2 saturated heterocycles. The first kappa shape index (κ1) is 24.9. The molecule has 0 bridgehead atoms. The normalized spacial score (nSPS) is 28.3. The molecule has 2 aliphatic rings. The largest absolute Gasteiger partial charge is 0.468 e. The molecule has 0 spiro atoms. The zero-order valence-corrected chi connectivity index (χ0v) is 19.0. The minimum absolute atomic E-state index is 0.145. The summed E-state index contributed by atoms with van der Waals surface area (Å²) in [5, 5.41) is 15.1. The number of carbonyl (C=O) groups excluding carboxylic acids is 1. The van der Waals surface area contributed by atoms with Crippen LogP contribution in [-0.4, -0.2) is 58.2 Å². The van der Waals surface area contributed by atoms with Crippen molar-refractivity contribution in [1.29, 1.82) is 0 Å². The topological polar surface area (TPSA) is 112 Å².